The maximum Gasteiger partial charge on any atom is 0.410 e. The number of carbonyl (C=O) groups excluding carboxylic acids is 2. The summed E-state index contributed by atoms with van der Waals surface area (Å²) in [5.74, 6) is 0. The van der Waals surface area contributed by atoms with E-state index in [9.17, 15) is 9.59 Å². The van der Waals surface area contributed by atoms with E-state index in [0.29, 0.717) is 19.7 Å². The highest BCUT2D eigenvalue weighted by Crippen LogP contribution is 2.28. The molecule has 2 saturated heterocycles. The van der Waals surface area contributed by atoms with Crippen LogP contribution in [0.3, 0.4) is 0 Å². The van der Waals surface area contributed by atoms with Crippen molar-refractivity contribution in [2.45, 2.75) is 44.8 Å². The number of alkyl carbamates (subject to hydrolysis) is 1. The van der Waals surface area contributed by atoms with Crippen LogP contribution in [0.5, 0.6) is 0 Å². The van der Waals surface area contributed by atoms with Gasteiger partial charge in [-0.1, -0.05) is 0 Å². The third-order valence-electron chi connectivity index (χ3n) is 3.19. The average molecular weight is 256 g/mol. The van der Waals surface area contributed by atoms with Crippen LogP contribution >= 0.6 is 0 Å². The fourth-order valence-electron chi connectivity index (χ4n) is 2.32. The van der Waals surface area contributed by atoms with Crippen molar-refractivity contribution >= 4 is 12.2 Å². The van der Waals surface area contributed by atoms with Crippen molar-refractivity contribution in [1.29, 1.82) is 0 Å². The van der Waals surface area contributed by atoms with Crippen molar-refractivity contribution in [3.63, 3.8) is 0 Å². The molecule has 2 heterocycles. The summed E-state index contributed by atoms with van der Waals surface area (Å²) in [6.07, 6.45) is 0.770. The smallest absolute Gasteiger partial charge is 0.410 e. The first-order valence-corrected chi connectivity index (χ1v) is 6.23. The molecule has 0 aliphatic carbocycles. The minimum atomic E-state index is -0.494. The van der Waals surface area contributed by atoms with Gasteiger partial charge in [-0.05, 0) is 27.2 Å². The summed E-state index contributed by atoms with van der Waals surface area (Å²) in [4.78, 5) is 24.8. The molecule has 1 N–H and O–H groups in total. The van der Waals surface area contributed by atoms with Gasteiger partial charge in [0.1, 0.15) is 5.60 Å². The Hall–Kier alpha value is -1.46. The standard InChI is InChI=1S/C12H20N2O4/c1-11(2,3)18-10(16)14-6-4-12(8-14)5-7-17-9(15)13-12/h4-8H2,1-3H3,(H,13,15). The second kappa shape index (κ2) is 4.33. The number of hydrogen-bond acceptors (Lipinski definition) is 4. The number of nitrogens with one attached hydrogen (secondary N) is 1. The Morgan fingerprint density at radius 2 is 2.17 bits per heavy atom. The summed E-state index contributed by atoms with van der Waals surface area (Å²) in [5, 5.41) is 2.83. The molecule has 1 spiro atoms. The van der Waals surface area contributed by atoms with Crippen LogP contribution in [0.4, 0.5) is 9.59 Å². The number of hydrogen-bond donors (Lipinski definition) is 1. The van der Waals surface area contributed by atoms with Gasteiger partial charge < -0.3 is 19.7 Å². The third-order valence-corrected chi connectivity index (χ3v) is 3.19. The minimum Gasteiger partial charge on any atom is -0.449 e. The molecule has 2 aliphatic heterocycles. The van der Waals surface area contributed by atoms with Crippen LogP contribution in [0.1, 0.15) is 33.6 Å². The molecule has 6 heteroatoms. The number of carbonyl (C=O) groups is 2. The van der Waals surface area contributed by atoms with Gasteiger partial charge in [0.05, 0.1) is 12.1 Å². The van der Waals surface area contributed by atoms with Gasteiger partial charge in [0.25, 0.3) is 0 Å². The number of ether oxygens (including phenoxy) is 2. The van der Waals surface area contributed by atoms with Gasteiger partial charge in [-0.25, -0.2) is 9.59 Å². The van der Waals surface area contributed by atoms with Gasteiger partial charge in [0.2, 0.25) is 0 Å². The second-order valence-electron chi connectivity index (χ2n) is 5.94. The number of likely N-dealkylation sites (tertiary alicyclic amines) is 1. The van der Waals surface area contributed by atoms with E-state index >= 15 is 0 Å². The Labute approximate surface area is 107 Å². The lowest BCUT2D eigenvalue weighted by Crippen LogP contribution is -2.55. The van der Waals surface area contributed by atoms with Crippen LogP contribution in [0.25, 0.3) is 0 Å². The molecule has 2 amide bonds. The monoisotopic (exact) mass is 256 g/mol. The van der Waals surface area contributed by atoms with E-state index in [4.69, 9.17) is 9.47 Å². The van der Waals surface area contributed by atoms with Crippen molar-refractivity contribution < 1.29 is 19.1 Å². The fourth-order valence-corrected chi connectivity index (χ4v) is 2.32. The zero-order chi connectivity index (χ0) is 13.4. The molecule has 18 heavy (non-hydrogen) atoms. The van der Waals surface area contributed by atoms with Crippen molar-refractivity contribution in [3.8, 4) is 0 Å². The predicted molar refractivity (Wildman–Crippen MR) is 64.3 cm³/mol. The Bertz CT molecular complexity index is 364. The Balaban J connectivity index is 1.95. The maximum absolute atomic E-state index is 11.9. The Morgan fingerprint density at radius 1 is 1.44 bits per heavy atom. The minimum absolute atomic E-state index is 0.319. The number of cyclic esters (lactones) is 1. The summed E-state index contributed by atoms with van der Waals surface area (Å²) < 4.78 is 10.2. The van der Waals surface area contributed by atoms with Gasteiger partial charge in [-0.3, -0.25) is 0 Å². The summed E-state index contributed by atoms with van der Waals surface area (Å²) in [7, 11) is 0. The van der Waals surface area contributed by atoms with Crippen LogP contribution in [0.15, 0.2) is 0 Å². The zero-order valence-electron chi connectivity index (χ0n) is 11.1. The molecule has 6 nitrogen and oxygen atoms in total. The second-order valence-corrected chi connectivity index (χ2v) is 5.94. The topological polar surface area (TPSA) is 67.9 Å². The largest absolute Gasteiger partial charge is 0.449 e. The van der Waals surface area contributed by atoms with Gasteiger partial charge in [0.15, 0.2) is 0 Å². The van der Waals surface area contributed by atoms with E-state index in [1.165, 1.54) is 0 Å². The summed E-state index contributed by atoms with van der Waals surface area (Å²) in [6, 6.07) is 0. The molecule has 0 saturated carbocycles. The molecule has 102 valence electrons. The van der Waals surface area contributed by atoms with Gasteiger partial charge in [0, 0.05) is 19.5 Å². The normalized spacial score (nSPS) is 27.9. The SMILES string of the molecule is CC(C)(C)OC(=O)N1CCC2(CCOC(=O)N2)C1. The lowest BCUT2D eigenvalue weighted by Gasteiger charge is -2.34. The van der Waals surface area contributed by atoms with Crippen molar-refractivity contribution in [1.82, 2.24) is 10.2 Å². The first kappa shape index (κ1) is 13.0. The predicted octanol–water partition coefficient (Wildman–Crippen LogP) is 1.50. The van der Waals surface area contributed by atoms with Crippen LogP contribution < -0.4 is 5.32 Å². The summed E-state index contributed by atoms with van der Waals surface area (Å²) in [5.41, 5.74) is -0.821. The third kappa shape index (κ3) is 2.86. The van der Waals surface area contributed by atoms with E-state index in [-0.39, 0.29) is 11.6 Å². The molecule has 0 aromatic carbocycles. The van der Waals surface area contributed by atoms with Gasteiger partial charge in [-0.2, -0.15) is 0 Å². The first-order valence-electron chi connectivity index (χ1n) is 6.23. The molecule has 0 radical (unpaired) electrons. The van der Waals surface area contributed by atoms with E-state index in [2.05, 4.69) is 5.32 Å². The first-order chi connectivity index (χ1) is 8.30. The van der Waals surface area contributed by atoms with E-state index < -0.39 is 11.7 Å². The number of amides is 2. The van der Waals surface area contributed by atoms with Crippen LogP contribution in [0.2, 0.25) is 0 Å². The Morgan fingerprint density at radius 3 is 2.78 bits per heavy atom. The van der Waals surface area contributed by atoms with Crippen molar-refractivity contribution in [3.05, 3.63) is 0 Å². The highest BCUT2D eigenvalue weighted by molar-refractivity contribution is 5.71. The molecule has 0 aromatic rings. The lowest BCUT2D eigenvalue weighted by atomic mass is 9.94. The molecule has 2 rings (SSSR count). The summed E-state index contributed by atoms with van der Waals surface area (Å²) >= 11 is 0. The molecular formula is C12H20N2O4. The zero-order valence-corrected chi connectivity index (χ0v) is 11.1. The fraction of sp³-hybridized carbons (Fsp3) is 0.833. The highest BCUT2D eigenvalue weighted by atomic mass is 16.6. The molecule has 2 fully saturated rings. The molecule has 2 aliphatic rings. The molecule has 0 bridgehead atoms. The lowest BCUT2D eigenvalue weighted by molar-refractivity contribution is 0.0261. The van der Waals surface area contributed by atoms with E-state index in [0.717, 1.165) is 12.8 Å². The van der Waals surface area contributed by atoms with Crippen molar-refractivity contribution in [2.24, 2.45) is 0 Å². The highest BCUT2D eigenvalue weighted by Gasteiger charge is 2.44. The van der Waals surface area contributed by atoms with E-state index in [1.54, 1.807) is 4.90 Å². The molecule has 1 atom stereocenters. The van der Waals surface area contributed by atoms with Crippen LogP contribution in [-0.2, 0) is 9.47 Å². The molecular weight excluding hydrogens is 236 g/mol. The van der Waals surface area contributed by atoms with Crippen molar-refractivity contribution in [2.75, 3.05) is 19.7 Å². The Kier molecular flexibility index (Phi) is 3.12. The van der Waals surface area contributed by atoms with Crippen LogP contribution in [-0.4, -0.2) is 47.9 Å². The quantitative estimate of drug-likeness (QED) is 0.713. The van der Waals surface area contributed by atoms with Crippen LogP contribution in [0, 0.1) is 0 Å². The maximum atomic E-state index is 11.9. The average Bonchev–Trinajstić information content (AvgIpc) is 2.59. The number of rotatable bonds is 0. The molecule has 1 unspecified atom stereocenters. The van der Waals surface area contributed by atoms with E-state index in [1.807, 2.05) is 20.8 Å². The molecule has 0 aromatic heterocycles. The summed E-state index contributed by atoms with van der Waals surface area (Å²) in [6.45, 7) is 7.03. The number of nitrogens with zero attached hydrogens (tertiary/aromatic N) is 1. The van der Waals surface area contributed by atoms with Gasteiger partial charge in [-0.15, -0.1) is 0 Å². The van der Waals surface area contributed by atoms with Gasteiger partial charge >= 0.3 is 12.2 Å².